The van der Waals surface area contributed by atoms with E-state index in [-0.39, 0.29) is 30.3 Å². The second kappa shape index (κ2) is 7.00. The number of carboxylic acid groups (broad SMARTS) is 1. The molecule has 1 aromatic carbocycles. The molecular formula is C17H19NO5. The van der Waals surface area contributed by atoms with Gasteiger partial charge in [-0.3, -0.25) is 0 Å². The molecule has 0 aliphatic carbocycles. The van der Waals surface area contributed by atoms with E-state index in [0.717, 1.165) is 0 Å². The molecule has 2 rings (SSSR count). The van der Waals surface area contributed by atoms with Crippen molar-refractivity contribution in [3.63, 3.8) is 0 Å². The molecular weight excluding hydrogens is 298 g/mol. The number of hydrogen-bond acceptors (Lipinski definition) is 4. The summed E-state index contributed by atoms with van der Waals surface area (Å²) < 4.78 is 5.12. The minimum atomic E-state index is -1.03. The highest BCUT2D eigenvalue weighted by Gasteiger charge is 2.20. The van der Waals surface area contributed by atoms with Crippen molar-refractivity contribution in [2.45, 2.75) is 19.3 Å². The van der Waals surface area contributed by atoms with Crippen LogP contribution in [-0.4, -0.2) is 34.3 Å². The fraction of sp³-hybridized carbons (Fsp3) is 0.294. The summed E-state index contributed by atoms with van der Waals surface area (Å²) in [6.07, 6.45) is 1.14. The number of phenolic OH excluding ortho intramolecular Hbond substituents is 1. The molecule has 23 heavy (non-hydrogen) atoms. The predicted molar refractivity (Wildman–Crippen MR) is 87.0 cm³/mol. The molecule has 2 N–H and O–H groups in total. The van der Waals surface area contributed by atoms with Crippen LogP contribution in [0.1, 0.15) is 24.8 Å². The molecule has 1 heterocycles. The Balaban J connectivity index is 2.48. The Morgan fingerprint density at radius 2 is 2.17 bits per heavy atom. The van der Waals surface area contributed by atoms with Gasteiger partial charge >= 0.3 is 11.7 Å². The van der Waals surface area contributed by atoms with Gasteiger partial charge in [0.05, 0.1) is 0 Å². The summed E-state index contributed by atoms with van der Waals surface area (Å²) in [7, 11) is 0. The normalized spacial score (nSPS) is 12.0. The van der Waals surface area contributed by atoms with Crippen molar-refractivity contribution in [3.05, 3.63) is 52.9 Å². The van der Waals surface area contributed by atoms with Gasteiger partial charge in [0.15, 0.2) is 0 Å². The molecule has 1 aromatic heterocycles. The SMILES string of the molecule is C=CCN(C[C@@H](CC)c1cc(=O)oc2cc(O)ccc12)C(=O)O. The molecule has 0 aliphatic rings. The maximum Gasteiger partial charge on any atom is 0.407 e. The number of benzene rings is 1. The summed E-state index contributed by atoms with van der Waals surface area (Å²) in [5.74, 6) is -0.160. The van der Waals surface area contributed by atoms with Crippen molar-refractivity contribution < 1.29 is 19.4 Å². The molecule has 0 unspecified atom stereocenters. The first-order chi connectivity index (χ1) is 11.0. The largest absolute Gasteiger partial charge is 0.508 e. The topological polar surface area (TPSA) is 91.0 Å². The van der Waals surface area contributed by atoms with Gasteiger partial charge in [0.25, 0.3) is 0 Å². The van der Waals surface area contributed by atoms with Crippen molar-refractivity contribution in [1.82, 2.24) is 4.90 Å². The summed E-state index contributed by atoms with van der Waals surface area (Å²) in [6.45, 7) is 5.96. The molecule has 0 radical (unpaired) electrons. The van der Waals surface area contributed by atoms with Gasteiger partial charge in [0.1, 0.15) is 11.3 Å². The lowest BCUT2D eigenvalue weighted by Gasteiger charge is -2.24. The van der Waals surface area contributed by atoms with Gasteiger partial charge in [0, 0.05) is 36.5 Å². The summed E-state index contributed by atoms with van der Waals surface area (Å²) in [6, 6.07) is 5.95. The van der Waals surface area contributed by atoms with Crippen LogP contribution in [0.15, 0.2) is 46.1 Å². The van der Waals surface area contributed by atoms with E-state index in [0.29, 0.717) is 17.4 Å². The van der Waals surface area contributed by atoms with Crippen LogP contribution in [-0.2, 0) is 0 Å². The lowest BCUT2D eigenvalue weighted by Crippen LogP contribution is -2.33. The Labute approximate surface area is 133 Å². The van der Waals surface area contributed by atoms with Crippen LogP contribution in [0.5, 0.6) is 5.75 Å². The van der Waals surface area contributed by atoms with Crippen LogP contribution in [0, 0.1) is 0 Å². The molecule has 1 atom stereocenters. The smallest absolute Gasteiger partial charge is 0.407 e. The Kier molecular flexibility index (Phi) is 5.05. The third-order valence-corrected chi connectivity index (χ3v) is 3.75. The average Bonchev–Trinajstić information content (AvgIpc) is 2.50. The molecule has 0 fully saturated rings. The van der Waals surface area contributed by atoms with Gasteiger partial charge in [-0.25, -0.2) is 9.59 Å². The number of amides is 1. The minimum absolute atomic E-state index is 0.00432. The highest BCUT2D eigenvalue weighted by molar-refractivity contribution is 5.82. The zero-order chi connectivity index (χ0) is 17.0. The number of fused-ring (bicyclic) bond motifs is 1. The van der Waals surface area contributed by atoms with Crippen LogP contribution in [0.2, 0.25) is 0 Å². The van der Waals surface area contributed by atoms with E-state index in [1.807, 2.05) is 6.92 Å². The molecule has 1 amide bonds. The zero-order valence-corrected chi connectivity index (χ0v) is 12.9. The zero-order valence-electron chi connectivity index (χ0n) is 12.9. The summed E-state index contributed by atoms with van der Waals surface area (Å²) in [5, 5.41) is 19.5. The number of carbonyl (C=O) groups is 1. The van der Waals surface area contributed by atoms with E-state index in [1.165, 1.54) is 29.2 Å². The summed E-state index contributed by atoms with van der Waals surface area (Å²) in [4.78, 5) is 24.4. The molecule has 0 aliphatic heterocycles. The Bertz CT molecular complexity index is 780. The molecule has 6 nitrogen and oxygen atoms in total. The Hall–Kier alpha value is -2.76. The first kappa shape index (κ1) is 16.6. The molecule has 122 valence electrons. The maximum absolute atomic E-state index is 11.8. The predicted octanol–water partition coefficient (Wildman–Crippen LogP) is 3.16. The lowest BCUT2D eigenvalue weighted by molar-refractivity contribution is 0.147. The van der Waals surface area contributed by atoms with Gasteiger partial charge in [-0.15, -0.1) is 6.58 Å². The molecule has 0 saturated carbocycles. The number of rotatable bonds is 6. The summed E-state index contributed by atoms with van der Waals surface area (Å²) >= 11 is 0. The molecule has 2 aromatic rings. The van der Waals surface area contributed by atoms with Gasteiger partial charge < -0.3 is 19.5 Å². The highest BCUT2D eigenvalue weighted by atomic mass is 16.4. The Morgan fingerprint density at radius 1 is 1.43 bits per heavy atom. The van der Waals surface area contributed by atoms with Crippen molar-refractivity contribution in [3.8, 4) is 5.75 Å². The Morgan fingerprint density at radius 3 is 2.78 bits per heavy atom. The number of nitrogens with zero attached hydrogens (tertiary/aromatic N) is 1. The van der Waals surface area contributed by atoms with Gasteiger partial charge in [-0.1, -0.05) is 13.0 Å². The quantitative estimate of drug-likeness (QED) is 0.631. The molecule has 0 saturated heterocycles. The molecule has 0 bridgehead atoms. The van der Waals surface area contributed by atoms with Crippen molar-refractivity contribution in [2.75, 3.05) is 13.1 Å². The third-order valence-electron chi connectivity index (χ3n) is 3.75. The van der Waals surface area contributed by atoms with E-state index >= 15 is 0 Å². The second-order valence-electron chi connectivity index (χ2n) is 5.28. The van der Waals surface area contributed by atoms with Gasteiger partial charge in [-0.2, -0.15) is 0 Å². The fourth-order valence-electron chi connectivity index (χ4n) is 2.61. The lowest BCUT2D eigenvalue weighted by atomic mass is 9.93. The van der Waals surface area contributed by atoms with Crippen LogP contribution in [0.3, 0.4) is 0 Å². The van der Waals surface area contributed by atoms with E-state index in [2.05, 4.69) is 6.58 Å². The second-order valence-corrected chi connectivity index (χ2v) is 5.28. The maximum atomic E-state index is 11.8. The minimum Gasteiger partial charge on any atom is -0.508 e. The number of hydrogen-bond donors (Lipinski definition) is 2. The number of aromatic hydroxyl groups is 1. The standard InChI is InChI=1S/C17H19NO5/c1-3-7-18(17(21)22)10-11(4-2)14-9-16(20)23-15-8-12(19)5-6-13(14)15/h3,5-6,8-9,11,19H,1,4,7,10H2,2H3,(H,21,22)/t11-/m1/s1. The van der Waals surface area contributed by atoms with Crippen molar-refractivity contribution in [1.29, 1.82) is 0 Å². The van der Waals surface area contributed by atoms with Crippen LogP contribution in [0.25, 0.3) is 11.0 Å². The van der Waals surface area contributed by atoms with E-state index in [9.17, 15) is 19.8 Å². The third kappa shape index (κ3) is 3.71. The van der Waals surface area contributed by atoms with Gasteiger partial charge in [0.2, 0.25) is 0 Å². The summed E-state index contributed by atoms with van der Waals surface area (Å²) in [5.41, 5.74) is 0.479. The first-order valence-corrected chi connectivity index (χ1v) is 7.31. The van der Waals surface area contributed by atoms with Crippen molar-refractivity contribution >= 4 is 17.1 Å². The van der Waals surface area contributed by atoms with Crippen LogP contribution in [0.4, 0.5) is 4.79 Å². The van der Waals surface area contributed by atoms with E-state index in [4.69, 9.17) is 4.42 Å². The molecule has 6 heteroatoms. The van der Waals surface area contributed by atoms with Crippen molar-refractivity contribution in [2.24, 2.45) is 0 Å². The van der Waals surface area contributed by atoms with Crippen LogP contribution < -0.4 is 5.63 Å². The van der Waals surface area contributed by atoms with E-state index < -0.39 is 11.7 Å². The number of phenols is 1. The monoisotopic (exact) mass is 317 g/mol. The van der Waals surface area contributed by atoms with E-state index in [1.54, 1.807) is 6.07 Å². The average molecular weight is 317 g/mol. The van der Waals surface area contributed by atoms with Gasteiger partial charge in [-0.05, 0) is 24.1 Å². The first-order valence-electron chi connectivity index (χ1n) is 7.31. The molecule has 0 spiro atoms. The van der Waals surface area contributed by atoms with Crippen LogP contribution >= 0.6 is 0 Å². The fourth-order valence-corrected chi connectivity index (χ4v) is 2.61. The highest BCUT2D eigenvalue weighted by Crippen LogP contribution is 2.29.